The van der Waals surface area contributed by atoms with Crippen LogP contribution >= 0.6 is 0 Å². The van der Waals surface area contributed by atoms with Crippen LogP contribution in [0.5, 0.6) is 0 Å². The molecule has 2 unspecified atom stereocenters. The van der Waals surface area contributed by atoms with Gasteiger partial charge in [-0.1, -0.05) is 54.6 Å². The average molecular weight is 444 g/mol. The molecule has 1 saturated heterocycles. The highest BCUT2D eigenvalue weighted by Crippen LogP contribution is 2.41. The number of carbonyl (C=O) groups is 1. The van der Waals surface area contributed by atoms with E-state index in [4.69, 9.17) is 11.1 Å². The third-order valence-corrected chi connectivity index (χ3v) is 7.05. The quantitative estimate of drug-likeness (QED) is 0.244. The zero-order chi connectivity index (χ0) is 23.2. The second kappa shape index (κ2) is 8.26. The summed E-state index contributed by atoms with van der Waals surface area (Å²) in [6.45, 7) is 1.87. The van der Waals surface area contributed by atoms with Gasteiger partial charge in [-0.05, 0) is 30.8 Å². The number of hydroxylamine groups is 2. The fraction of sp³-hybridized carbons (Fsp3) is 0.308. The average Bonchev–Trinajstić information content (AvgIpc) is 3.34. The van der Waals surface area contributed by atoms with Crippen molar-refractivity contribution in [2.24, 2.45) is 5.73 Å². The number of rotatable bonds is 5. The Labute approximate surface area is 193 Å². The number of nitrogens with zero attached hydrogens (tertiary/aromatic N) is 2. The monoisotopic (exact) mass is 443 g/mol. The second-order valence-corrected chi connectivity index (χ2v) is 9.33. The predicted molar refractivity (Wildman–Crippen MR) is 132 cm³/mol. The molecule has 0 saturated carbocycles. The van der Waals surface area contributed by atoms with Crippen molar-refractivity contribution in [3.05, 3.63) is 82.6 Å². The molecule has 2 aliphatic rings. The van der Waals surface area contributed by atoms with Crippen LogP contribution in [0.1, 0.15) is 23.1 Å². The number of quaternary nitrogens is 1. The van der Waals surface area contributed by atoms with Crippen molar-refractivity contribution in [2.75, 3.05) is 20.1 Å². The zero-order valence-electron chi connectivity index (χ0n) is 18.8. The molecule has 5 rings (SSSR count). The summed E-state index contributed by atoms with van der Waals surface area (Å²) < 4.78 is -0.779. The number of likely N-dealkylation sites (tertiary alicyclic amines) is 1. The molecule has 3 atom stereocenters. The first-order valence-electron chi connectivity index (χ1n) is 11.4. The first-order chi connectivity index (χ1) is 15.8. The highest BCUT2D eigenvalue weighted by Gasteiger charge is 2.46. The van der Waals surface area contributed by atoms with Crippen molar-refractivity contribution in [1.29, 1.82) is 5.41 Å². The summed E-state index contributed by atoms with van der Waals surface area (Å²) in [5.41, 5.74) is 8.51. The second-order valence-electron chi connectivity index (χ2n) is 9.33. The molecule has 2 heterocycles. The Morgan fingerprint density at radius 1 is 1.21 bits per heavy atom. The first kappa shape index (κ1) is 21.6. The standard InChI is InChI=1S/C26H29N5O2/c1-30-12-11-21(15-30)29-26(32)24-13-18-9-10-19(25(27)28)14-23(18)31(24,33)16-20-7-4-6-17-5-2-3-8-22(17)20/h2-10,14,21,24H,11-13,15-16H2,1H3,(H3,27,28)(H,29,32)/t21-,24?,31?/m1/s1. The molecular weight excluding hydrogens is 414 g/mol. The summed E-state index contributed by atoms with van der Waals surface area (Å²) in [6.07, 6.45) is 1.26. The number of hydrogen-bond donors (Lipinski definition) is 3. The van der Waals surface area contributed by atoms with Gasteiger partial charge >= 0.3 is 0 Å². The van der Waals surface area contributed by atoms with Crippen LogP contribution in [0.4, 0.5) is 5.69 Å². The van der Waals surface area contributed by atoms with E-state index in [2.05, 4.69) is 10.2 Å². The minimum Gasteiger partial charge on any atom is -0.627 e. The molecule has 33 heavy (non-hydrogen) atoms. The van der Waals surface area contributed by atoms with Gasteiger partial charge in [0.25, 0.3) is 5.91 Å². The van der Waals surface area contributed by atoms with Crippen molar-refractivity contribution in [2.45, 2.75) is 31.5 Å². The molecule has 0 aromatic heterocycles. The minimum atomic E-state index is -0.785. The van der Waals surface area contributed by atoms with E-state index in [0.717, 1.165) is 41.4 Å². The van der Waals surface area contributed by atoms with Gasteiger partial charge in [0.15, 0.2) is 6.04 Å². The van der Waals surface area contributed by atoms with Gasteiger partial charge in [0.05, 0.1) is 0 Å². The maximum absolute atomic E-state index is 14.7. The van der Waals surface area contributed by atoms with Gasteiger partial charge in [-0.25, -0.2) is 0 Å². The van der Waals surface area contributed by atoms with Crippen molar-refractivity contribution in [1.82, 2.24) is 14.9 Å². The summed E-state index contributed by atoms with van der Waals surface area (Å²) in [5, 5.41) is 27.7. The van der Waals surface area contributed by atoms with Gasteiger partial charge in [-0.15, -0.1) is 0 Å². The van der Waals surface area contributed by atoms with Gasteiger partial charge in [0, 0.05) is 41.8 Å². The Balaban J connectivity index is 1.55. The van der Waals surface area contributed by atoms with E-state index >= 15 is 0 Å². The lowest BCUT2D eigenvalue weighted by molar-refractivity contribution is -0.125. The van der Waals surface area contributed by atoms with Crippen molar-refractivity contribution in [3.63, 3.8) is 0 Å². The molecule has 3 aromatic carbocycles. The lowest BCUT2D eigenvalue weighted by Crippen LogP contribution is -2.57. The van der Waals surface area contributed by atoms with Crippen LogP contribution in [-0.2, 0) is 17.8 Å². The zero-order valence-corrected chi connectivity index (χ0v) is 18.8. The van der Waals surface area contributed by atoms with Gasteiger partial charge in [-0.2, -0.15) is 0 Å². The Hall–Kier alpha value is -3.26. The van der Waals surface area contributed by atoms with Crippen molar-refractivity contribution >= 4 is 28.2 Å². The number of nitrogen functional groups attached to an aromatic ring is 1. The molecule has 0 radical (unpaired) electrons. The topological polar surface area (TPSA) is 105 Å². The third-order valence-electron chi connectivity index (χ3n) is 7.05. The van der Waals surface area contributed by atoms with E-state index in [1.807, 2.05) is 55.6 Å². The van der Waals surface area contributed by atoms with Crippen LogP contribution in [0.15, 0.2) is 60.7 Å². The number of carbonyl (C=O) groups excluding carboxylic acids is 1. The fourth-order valence-electron chi connectivity index (χ4n) is 5.29. The number of benzene rings is 3. The number of fused-ring (bicyclic) bond motifs is 2. The largest absolute Gasteiger partial charge is 0.627 e. The lowest BCUT2D eigenvalue weighted by atomic mass is 10.0. The van der Waals surface area contributed by atoms with Crippen LogP contribution in [0, 0.1) is 10.6 Å². The van der Waals surface area contributed by atoms with Crippen molar-refractivity contribution < 1.29 is 4.79 Å². The van der Waals surface area contributed by atoms with Crippen molar-refractivity contribution in [3.8, 4) is 0 Å². The molecule has 3 aromatic rings. The first-order valence-corrected chi connectivity index (χ1v) is 11.4. The summed E-state index contributed by atoms with van der Waals surface area (Å²) >= 11 is 0. The Kier molecular flexibility index (Phi) is 5.40. The molecule has 2 aliphatic heterocycles. The summed E-state index contributed by atoms with van der Waals surface area (Å²) in [7, 11) is 2.04. The van der Waals surface area contributed by atoms with Gasteiger partial charge in [-0.3, -0.25) is 10.2 Å². The van der Waals surface area contributed by atoms with Crippen LogP contribution < -0.4 is 15.7 Å². The van der Waals surface area contributed by atoms with Gasteiger partial charge in [0.2, 0.25) is 0 Å². The SMILES string of the molecule is CN1CC[C@@H](NC(=O)C2Cc3ccc(C(=N)N)cc3[N+]2([O-])Cc2cccc3ccccc23)C1. The molecule has 7 nitrogen and oxygen atoms in total. The highest BCUT2D eigenvalue weighted by molar-refractivity contribution is 5.97. The van der Waals surface area contributed by atoms with Crippen LogP contribution in [0.25, 0.3) is 10.8 Å². The Bertz CT molecular complexity index is 1240. The summed E-state index contributed by atoms with van der Waals surface area (Å²) in [6, 6.07) is 18.5. The molecule has 0 aliphatic carbocycles. The van der Waals surface area contributed by atoms with E-state index in [-0.39, 0.29) is 24.3 Å². The van der Waals surface area contributed by atoms with E-state index in [1.165, 1.54) is 0 Å². The fourth-order valence-corrected chi connectivity index (χ4v) is 5.29. The summed E-state index contributed by atoms with van der Waals surface area (Å²) in [4.78, 5) is 15.6. The maximum Gasteiger partial charge on any atom is 0.279 e. The Morgan fingerprint density at radius 3 is 2.76 bits per heavy atom. The molecule has 0 spiro atoms. The van der Waals surface area contributed by atoms with Crippen LogP contribution in [-0.4, -0.2) is 48.9 Å². The number of likely N-dealkylation sites (N-methyl/N-ethyl adjacent to an activating group) is 1. The molecule has 170 valence electrons. The third kappa shape index (κ3) is 3.88. The van der Waals surface area contributed by atoms with E-state index in [0.29, 0.717) is 17.7 Å². The highest BCUT2D eigenvalue weighted by atomic mass is 16.6. The predicted octanol–water partition coefficient (Wildman–Crippen LogP) is 2.87. The number of hydrogen-bond acceptors (Lipinski definition) is 4. The number of amidine groups is 1. The maximum atomic E-state index is 14.7. The number of nitrogens with one attached hydrogen (secondary N) is 2. The molecule has 7 heteroatoms. The molecule has 0 bridgehead atoms. The van der Waals surface area contributed by atoms with Gasteiger partial charge < -0.3 is 25.8 Å². The van der Waals surface area contributed by atoms with Crippen LogP contribution in [0.2, 0.25) is 0 Å². The van der Waals surface area contributed by atoms with Gasteiger partial charge in [0.1, 0.15) is 18.1 Å². The van der Waals surface area contributed by atoms with Crippen LogP contribution in [0.3, 0.4) is 0 Å². The molecule has 1 amide bonds. The number of nitrogens with two attached hydrogens (primary N) is 1. The smallest absolute Gasteiger partial charge is 0.279 e. The lowest BCUT2D eigenvalue weighted by Gasteiger charge is -2.44. The minimum absolute atomic E-state index is 0.0602. The van der Waals surface area contributed by atoms with E-state index < -0.39 is 10.7 Å². The molecule has 4 N–H and O–H groups in total. The Morgan fingerprint density at radius 2 is 2.00 bits per heavy atom. The molecular formula is C26H29N5O2. The van der Waals surface area contributed by atoms with E-state index in [9.17, 15) is 10.0 Å². The van der Waals surface area contributed by atoms with E-state index in [1.54, 1.807) is 12.1 Å². The normalized spacial score (nSPS) is 24.7. The number of amides is 1. The molecule has 1 fully saturated rings. The summed E-state index contributed by atoms with van der Waals surface area (Å²) in [5.74, 6) is -0.289.